The second-order valence-corrected chi connectivity index (χ2v) is 2.62. The van der Waals surface area contributed by atoms with Gasteiger partial charge in [-0.1, -0.05) is 12.6 Å². The Balaban J connectivity index is 2.12. The molecule has 7 heavy (non-hydrogen) atoms. The lowest BCUT2D eigenvalue weighted by Crippen LogP contribution is -2.27. The molecule has 1 radical (unpaired) electrons. The lowest BCUT2D eigenvalue weighted by atomic mass is 10.2. The Labute approximate surface area is 49.9 Å². The highest BCUT2D eigenvalue weighted by molar-refractivity contribution is 7.80. The predicted octanol–water partition coefficient (Wildman–Crippen LogP) is 0.936. The van der Waals surface area contributed by atoms with Crippen LogP contribution in [-0.2, 0) is 0 Å². The zero-order valence-electron chi connectivity index (χ0n) is 4.31. The van der Waals surface area contributed by atoms with Gasteiger partial charge in [0.1, 0.15) is 0 Å². The Morgan fingerprint density at radius 3 is 2.14 bits per heavy atom. The summed E-state index contributed by atoms with van der Waals surface area (Å²) < 4.78 is 0. The maximum Gasteiger partial charge on any atom is 0.0175 e. The molecule has 0 aliphatic carbocycles. The summed E-state index contributed by atoms with van der Waals surface area (Å²) >= 11 is 5.05. The second kappa shape index (κ2) is 2.58. The van der Waals surface area contributed by atoms with Crippen LogP contribution >= 0.6 is 12.6 Å². The SMILES string of the molecule is [S]C1CCNCC1. The van der Waals surface area contributed by atoms with Crippen molar-refractivity contribution >= 4 is 12.6 Å². The van der Waals surface area contributed by atoms with Gasteiger partial charge < -0.3 is 5.32 Å². The van der Waals surface area contributed by atoms with Crippen molar-refractivity contribution in [3.63, 3.8) is 0 Å². The second-order valence-electron chi connectivity index (χ2n) is 1.95. The fourth-order valence-electron chi connectivity index (χ4n) is 0.795. The lowest BCUT2D eigenvalue weighted by Gasteiger charge is -2.15. The Morgan fingerprint density at radius 1 is 1.29 bits per heavy atom. The van der Waals surface area contributed by atoms with Crippen molar-refractivity contribution in [1.82, 2.24) is 5.32 Å². The van der Waals surface area contributed by atoms with Crippen molar-refractivity contribution in [2.75, 3.05) is 13.1 Å². The molecule has 1 aliphatic heterocycles. The van der Waals surface area contributed by atoms with Gasteiger partial charge in [-0.3, -0.25) is 0 Å². The van der Waals surface area contributed by atoms with E-state index in [0.29, 0.717) is 5.25 Å². The van der Waals surface area contributed by atoms with Crippen LogP contribution < -0.4 is 5.32 Å². The van der Waals surface area contributed by atoms with E-state index in [-0.39, 0.29) is 0 Å². The molecule has 1 rings (SSSR count). The topological polar surface area (TPSA) is 12.0 Å². The van der Waals surface area contributed by atoms with Crippen molar-refractivity contribution in [2.24, 2.45) is 0 Å². The number of rotatable bonds is 0. The van der Waals surface area contributed by atoms with Crippen LogP contribution in [0.5, 0.6) is 0 Å². The van der Waals surface area contributed by atoms with Gasteiger partial charge in [0, 0.05) is 5.25 Å². The predicted molar refractivity (Wildman–Crippen MR) is 33.5 cm³/mol. The van der Waals surface area contributed by atoms with Crippen LogP contribution in [0.1, 0.15) is 12.8 Å². The Bertz CT molecular complexity index is 50.0. The first-order chi connectivity index (χ1) is 3.39. The summed E-state index contributed by atoms with van der Waals surface area (Å²) in [5.41, 5.74) is 0. The maximum absolute atomic E-state index is 5.05. The smallest absolute Gasteiger partial charge is 0.0175 e. The highest BCUT2D eigenvalue weighted by atomic mass is 32.1. The molecule has 1 fully saturated rings. The standard InChI is InChI=1S/C5H10NS/c7-5-1-3-6-4-2-5/h5-6H,1-4H2. The minimum Gasteiger partial charge on any atom is -0.317 e. The van der Waals surface area contributed by atoms with E-state index in [1.54, 1.807) is 0 Å². The summed E-state index contributed by atoms with van der Waals surface area (Å²) in [5.74, 6) is 0. The van der Waals surface area contributed by atoms with Gasteiger partial charge in [0.25, 0.3) is 0 Å². The van der Waals surface area contributed by atoms with Crippen molar-refractivity contribution in [3.8, 4) is 0 Å². The van der Waals surface area contributed by atoms with Gasteiger partial charge in [0.05, 0.1) is 0 Å². The minimum atomic E-state index is 0.557. The van der Waals surface area contributed by atoms with Crippen LogP contribution in [0, 0.1) is 0 Å². The van der Waals surface area contributed by atoms with Gasteiger partial charge in [-0.05, 0) is 25.9 Å². The van der Waals surface area contributed by atoms with Gasteiger partial charge in [-0.2, -0.15) is 0 Å². The van der Waals surface area contributed by atoms with Crippen LogP contribution in [-0.4, -0.2) is 18.3 Å². The first kappa shape index (κ1) is 5.45. The van der Waals surface area contributed by atoms with Crippen LogP contribution in [0.3, 0.4) is 0 Å². The average Bonchev–Trinajstić information content (AvgIpc) is 1.69. The third-order valence-electron chi connectivity index (χ3n) is 1.29. The zero-order chi connectivity index (χ0) is 5.11. The van der Waals surface area contributed by atoms with E-state index < -0.39 is 0 Å². The van der Waals surface area contributed by atoms with E-state index >= 15 is 0 Å². The third kappa shape index (κ3) is 1.70. The molecule has 1 saturated heterocycles. The molecule has 0 saturated carbocycles. The Morgan fingerprint density at radius 2 is 1.86 bits per heavy atom. The van der Waals surface area contributed by atoms with E-state index in [0.717, 1.165) is 13.1 Å². The van der Waals surface area contributed by atoms with Crippen LogP contribution in [0.15, 0.2) is 0 Å². The molecule has 1 nitrogen and oxygen atoms in total. The number of nitrogens with one attached hydrogen (secondary N) is 1. The van der Waals surface area contributed by atoms with E-state index in [4.69, 9.17) is 12.6 Å². The van der Waals surface area contributed by atoms with Gasteiger partial charge in [-0.25, -0.2) is 0 Å². The molecule has 0 aromatic heterocycles. The molecular formula is C5H10NS. The van der Waals surface area contributed by atoms with Crippen molar-refractivity contribution in [3.05, 3.63) is 0 Å². The maximum atomic E-state index is 5.05. The van der Waals surface area contributed by atoms with Gasteiger partial charge in [-0.15, -0.1) is 0 Å². The number of hydrogen-bond donors (Lipinski definition) is 1. The molecule has 0 unspecified atom stereocenters. The molecule has 0 spiro atoms. The molecule has 2 heteroatoms. The zero-order valence-corrected chi connectivity index (χ0v) is 5.13. The van der Waals surface area contributed by atoms with Crippen LogP contribution in [0.2, 0.25) is 0 Å². The first-order valence-corrected chi connectivity index (χ1v) is 3.23. The monoisotopic (exact) mass is 116 g/mol. The quantitative estimate of drug-likeness (QED) is 0.496. The summed E-state index contributed by atoms with van der Waals surface area (Å²) in [6, 6.07) is 0. The molecule has 41 valence electrons. The lowest BCUT2D eigenvalue weighted by molar-refractivity contribution is 0.533. The van der Waals surface area contributed by atoms with E-state index in [1.165, 1.54) is 12.8 Å². The molecule has 1 N–H and O–H groups in total. The Kier molecular flexibility index (Phi) is 2.00. The molecule has 0 atom stereocenters. The first-order valence-electron chi connectivity index (χ1n) is 2.76. The summed E-state index contributed by atoms with van der Waals surface area (Å²) in [7, 11) is 0. The summed E-state index contributed by atoms with van der Waals surface area (Å²) in [6.45, 7) is 2.27. The van der Waals surface area contributed by atoms with Crippen molar-refractivity contribution in [1.29, 1.82) is 0 Å². The van der Waals surface area contributed by atoms with Gasteiger partial charge in [0.15, 0.2) is 0 Å². The molecule has 0 aromatic rings. The van der Waals surface area contributed by atoms with E-state index in [9.17, 15) is 0 Å². The molecule has 1 heterocycles. The minimum absolute atomic E-state index is 0.557. The number of piperidine rings is 1. The molecule has 0 aromatic carbocycles. The summed E-state index contributed by atoms with van der Waals surface area (Å²) in [6.07, 6.45) is 2.38. The van der Waals surface area contributed by atoms with E-state index in [2.05, 4.69) is 5.32 Å². The number of hydrogen-bond acceptors (Lipinski definition) is 1. The third-order valence-corrected chi connectivity index (χ3v) is 1.76. The highest BCUT2D eigenvalue weighted by Crippen LogP contribution is 2.07. The molecule has 0 bridgehead atoms. The molecular weight excluding hydrogens is 106 g/mol. The Hall–Kier alpha value is 0.310. The summed E-state index contributed by atoms with van der Waals surface area (Å²) in [4.78, 5) is 0. The van der Waals surface area contributed by atoms with Crippen molar-refractivity contribution in [2.45, 2.75) is 18.1 Å². The largest absolute Gasteiger partial charge is 0.317 e. The molecule has 0 amide bonds. The highest BCUT2D eigenvalue weighted by Gasteiger charge is 2.06. The van der Waals surface area contributed by atoms with Gasteiger partial charge >= 0.3 is 0 Å². The van der Waals surface area contributed by atoms with Crippen LogP contribution in [0.4, 0.5) is 0 Å². The van der Waals surface area contributed by atoms with E-state index in [1.807, 2.05) is 0 Å². The van der Waals surface area contributed by atoms with Gasteiger partial charge in [0.2, 0.25) is 0 Å². The molecule has 1 aliphatic rings. The summed E-state index contributed by atoms with van der Waals surface area (Å²) in [5, 5.41) is 3.81. The fourth-order valence-corrected chi connectivity index (χ4v) is 1.03. The van der Waals surface area contributed by atoms with Crippen LogP contribution in [0.25, 0.3) is 0 Å². The fraction of sp³-hybridized carbons (Fsp3) is 1.00. The van der Waals surface area contributed by atoms with Crippen molar-refractivity contribution < 1.29 is 0 Å². The average molecular weight is 116 g/mol. The normalized spacial score (nSPS) is 25.3.